The molecule has 0 unspecified atom stereocenters. The van der Waals surface area contributed by atoms with Gasteiger partial charge in [0.1, 0.15) is 11.8 Å². The van der Waals surface area contributed by atoms with Crippen LogP contribution in [0.4, 0.5) is 14.9 Å². The van der Waals surface area contributed by atoms with Crippen molar-refractivity contribution in [2.75, 3.05) is 31.1 Å². The highest BCUT2D eigenvalue weighted by molar-refractivity contribution is 5.94. The molecular formula is C20H23FN6O2. The summed E-state index contributed by atoms with van der Waals surface area (Å²) in [4.78, 5) is 23.5. The number of carbonyl (C=O) groups excluding carboxylic acids is 1. The standard InChI is InChI=1S/C20H23FN6O2/c1-25-12-13(11-23-25)18-17(21)16-15(5-6-22-19(16)24-18)26-7-9-27(10-8-26)20(28)29-14-3-2-4-14/h5-6,11-12,14H,2-4,7-10H2,1H3,(H,22,24). The van der Waals surface area contributed by atoms with E-state index in [0.717, 1.165) is 24.9 Å². The zero-order valence-electron chi connectivity index (χ0n) is 16.3. The van der Waals surface area contributed by atoms with Crippen LogP contribution in [0.2, 0.25) is 0 Å². The smallest absolute Gasteiger partial charge is 0.410 e. The van der Waals surface area contributed by atoms with Crippen LogP contribution in [0, 0.1) is 5.82 Å². The van der Waals surface area contributed by atoms with Crippen molar-refractivity contribution >= 4 is 22.8 Å². The van der Waals surface area contributed by atoms with E-state index < -0.39 is 0 Å². The molecule has 0 radical (unpaired) electrons. The fraction of sp³-hybridized carbons (Fsp3) is 0.450. The first-order chi connectivity index (χ1) is 14.1. The van der Waals surface area contributed by atoms with Crippen molar-refractivity contribution in [1.82, 2.24) is 24.6 Å². The van der Waals surface area contributed by atoms with Gasteiger partial charge in [-0.15, -0.1) is 0 Å². The molecule has 3 aromatic heterocycles. The summed E-state index contributed by atoms with van der Waals surface area (Å²) >= 11 is 0. The molecule has 2 fully saturated rings. The van der Waals surface area contributed by atoms with Crippen molar-refractivity contribution in [1.29, 1.82) is 0 Å². The Hall–Kier alpha value is -3.10. The number of rotatable bonds is 3. The average molecular weight is 398 g/mol. The fourth-order valence-electron chi connectivity index (χ4n) is 3.91. The molecule has 1 amide bonds. The summed E-state index contributed by atoms with van der Waals surface area (Å²) in [6.07, 6.45) is 7.98. The van der Waals surface area contributed by atoms with Gasteiger partial charge in [0.25, 0.3) is 0 Å². The lowest BCUT2D eigenvalue weighted by Crippen LogP contribution is -2.50. The van der Waals surface area contributed by atoms with Crippen LogP contribution in [-0.2, 0) is 11.8 Å². The monoisotopic (exact) mass is 398 g/mol. The minimum Gasteiger partial charge on any atom is -0.446 e. The third kappa shape index (κ3) is 3.20. The number of aromatic nitrogens is 4. The molecule has 8 nitrogen and oxygen atoms in total. The maximum absolute atomic E-state index is 15.3. The fourth-order valence-corrected chi connectivity index (χ4v) is 3.91. The molecule has 0 spiro atoms. The van der Waals surface area contributed by atoms with Crippen LogP contribution in [0.25, 0.3) is 22.3 Å². The molecule has 29 heavy (non-hydrogen) atoms. The molecule has 2 aliphatic rings. The van der Waals surface area contributed by atoms with E-state index in [0.29, 0.717) is 48.5 Å². The van der Waals surface area contributed by atoms with Gasteiger partial charge in [-0.05, 0) is 25.3 Å². The quantitative estimate of drug-likeness (QED) is 0.734. The molecule has 1 aliphatic carbocycles. The van der Waals surface area contributed by atoms with Gasteiger partial charge in [-0.2, -0.15) is 5.10 Å². The van der Waals surface area contributed by atoms with E-state index in [-0.39, 0.29) is 18.0 Å². The molecule has 1 N–H and O–H groups in total. The van der Waals surface area contributed by atoms with Crippen molar-refractivity contribution in [3.05, 3.63) is 30.5 Å². The summed E-state index contributed by atoms with van der Waals surface area (Å²) in [5.74, 6) is -0.331. The SMILES string of the molecule is Cn1cc(-c2[nH]c3nccc(N4CCN(C(=O)OC5CCC5)CC4)c3c2F)cn1. The normalized spacial score (nSPS) is 17.6. The topological polar surface area (TPSA) is 79.3 Å². The minimum atomic E-state index is -0.331. The average Bonchev–Trinajstić information content (AvgIpc) is 3.28. The Morgan fingerprint density at radius 1 is 1.28 bits per heavy atom. The number of ether oxygens (including phenoxy) is 1. The maximum Gasteiger partial charge on any atom is 0.410 e. The number of amides is 1. The molecule has 1 aliphatic heterocycles. The molecule has 0 atom stereocenters. The van der Waals surface area contributed by atoms with Gasteiger partial charge in [0.15, 0.2) is 5.82 Å². The first kappa shape index (κ1) is 18.0. The maximum atomic E-state index is 15.3. The number of hydrogen-bond acceptors (Lipinski definition) is 5. The van der Waals surface area contributed by atoms with Crippen molar-refractivity contribution in [3.63, 3.8) is 0 Å². The zero-order chi connectivity index (χ0) is 20.0. The zero-order valence-corrected chi connectivity index (χ0v) is 16.3. The molecule has 152 valence electrons. The largest absolute Gasteiger partial charge is 0.446 e. The second-order valence-electron chi connectivity index (χ2n) is 7.68. The number of fused-ring (bicyclic) bond motifs is 1. The molecule has 3 aromatic rings. The lowest BCUT2D eigenvalue weighted by molar-refractivity contribution is 0.0260. The van der Waals surface area contributed by atoms with Gasteiger partial charge in [-0.25, -0.2) is 14.2 Å². The van der Waals surface area contributed by atoms with Crippen molar-refractivity contribution in [2.24, 2.45) is 7.05 Å². The summed E-state index contributed by atoms with van der Waals surface area (Å²) in [5.41, 5.74) is 2.35. The number of anilines is 1. The molecule has 5 rings (SSSR count). The third-order valence-electron chi connectivity index (χ3n) is 5.80. The van der Waals surface area contributed by atoms with E-state index in [4.69, 9.17) is 4.74 Å². The number of piperazine rings is 1. The van der Waals surface area contributed by atoms with Gasteiger partial charge in [0, 0.05) is 51.2 Å². The van der Waals surface area contributed by atoms with Crippen molar-refractivity contribution in [2.45, 2.75) is 25.4 Å². The molecule has 1 saturated carbocycles. The van der Waals surface area contributed by atoms with E-state index in [1.165, 1.54) is 0 Å². The first-order valence-corrected chi connectivity index (χ1v) is 9.96. The number of carbonyl (C=O) groups is 1. The second-order valence-corrected chi connectivity index (χ2v) is 7.68. The Bertz CT molecular complexity index is 1050. The Balaban J connectivity index is 1.37. The van der Waals surface area contributed by atoms with Crippen LogP contribution in [-0.4, -0.2) is 63.0 Å². The van der Waals surface area contributed by atoms with Gasteiger partial charge in [0.05, 0.1) is 23.0 Å². The number of H-pyrrole nitrogens is 1. The van der Waals surface area contributed by atoms with Crippen LogP contribution in [0.1, 0.15) is 19.3 Å². The van der Waals surface area contributed by atoms with E-state index >= 15 is 4.39 Å². The Morgan fingerprint density at radius 2 is 2.07 bits per heavy atom. The van der Waals surface area contributed by atoms with E-state index in [9.17, 15) is 4.79 Å². The number of halogens is 1. The number of aromatic amines is 1. The lowest BCUT2D eigenvalue weighted by atomic mass is 9.96. The van der Waals surface area contributed by atoms with Crippen molar-refractivity contribution in [3.8, 4) is 11.3 Å². The predicted octanol–water partition coefficient (Wildman–Crippen LogP) is 2.91. The van der Waals surface area contributed by atoms with Gasteiger partial charge in [0.2, 0.25) is 0 Å². The summed E-state index contributed by atoms with van der Waals surface area (Å²) in [6.45, 7) is 2.34. The number of pyridine rings is 1. The highest BCUT2D eigenvalue weighted by atomic mass is 19.1. The number of nitrogens with one attached hydrogen (secondary N) is 1. The van der Waals surface area contributed by atoms with Crippen LogP contribution in [0.5, 0.6) is 0 Å². The van der Waals surface area contributed by atoms with Gasteiger partial charge in [-0.3, -0.25) is 4.68 Å². The Morgan fingerprint density at radius 3 is 2.72 bits per heavy atom. The highest BCUT2D eigenvalue weighted by Crippen LogP contribution is 2.34. The Kier molecular flexibility index (Phi) is 4.37. The van der Waals surface area contributed by atoms with Crippen molar-refractivity contribution < 1.29 is 13.9 Å². The van der Waals surface area contributed by atoms with Gasteiger partial charge < -0.3 is 19.5 Å². The van der Waals surface area contributed by atoms with Crippen LogP contribution in [0.15, 0.2) is 24.7 Å². The second kappa shape index (κ2) is 7.06. The molecule has 9 heteroatoms. The summed E-state index contributed by atoms with van der Waals surface area (Å²) < 4.78 is 22.4. The van der Waals surface area contributed by atoms with E-state index in [1.807, 2.05) is 6.07 Å². The number of nitrogens with zero attached hydrogens (tertiary/aromatic N) is 5. The number of hydrogen-bond donors (Lipinski definition) is 1. The third-order valence-corrected chi connectivity index (χ3v) is 5.80. The molecule has 4 heterocycles. The van der Waals surface area contributed by atoms with Gasteiger partial charge >= 0.3 is 6.09 Å². The Labute approximate surface area is 167 Å². The molecule has 1 saturated heterocycles. The lowest BCUT2D eigenvalue weighted by Gasteiger charge is -2.37. The summed E-state index contributed by atoms with van der Waals surface area (Å²) in [5, 5.41) is 4.59. The predicted molar refractivity (Wildman–Crippen MR) is 106 cm³/mol. The summed E-state index contributed by atoms with van der Waals surface area (Å²) in [7, 11) is 1.79. The van der Waals surface area contributed by atoms with Crippen LogP contribution < -0.4 is 4.90 Å². The van der Waals surface area contributed by atoms with E-state index in [2.05, 4.69) is 20.0 Å². The van der Waals surface area contributed by atoms with Gasteiger partial charge in [-0.1, -0.05) is 0 Å². The van der Waals surface area contributed by atoms with Crippen LogP contribution >= 0.6 is 0 Å². The molecule has 0 bridgehead atoms. The molecule has 0 aromatic carbocycles. The minimum absolute atomic E-state index is 0.0835. The highest BCUT2D eigenvalue weighted by Gasteiger charge is 2.29. The van der Waals surface area contributed by atoms with Crippen LogP contribution in [0.3, 0.4) is 0 Å². The molecular weight excluding hydrogens is 375 g/mol. The summed E-state index contributed by atoms with van der Waals surface area (Å²) in [6, 6.07) is 1.83. The van der Waals surface area contributed by atoms with E-state index in [1.54, 1.807) is 35.2 Å². The first-order valence-electron chi connectivity index (χ1n) is 9.96. The number of aryl methyl sites for hydroxylation is 1.